The van der Waals surface area contributed by atoms with Crippen molar-refractivity contribution in [2.24, 2.45) is 0 Å². The minimum absolute atomic E-state index is 0.108. The van der Waals surface area contributed by atoms with Crippen molar-refractivity contribution in [2.75, 3.05) is 25.0 Å². The molecule has 0 aliphatic rings. The number of amides is 1. The van der Waals surface area contributed by atoms with Gasteiger partial charge in [-0.05, 0) is 43.7 Å². The van der Waals surface area contributed by atoms with Crippen molar-refractivity contribution in [3.05, 3.63) is 60.2 Å². The van der Waals surface area contributed by atoms with Gasteiger partial charge in [-0.1, -0.05) is 30.3 Å². The topological polar surface area (TPSA) is 61.8 Å². The molecule has 0 fully saturated rings. The largest absolute Gasteiger partial charge is 0.491 e. The molecule has 0 aliphatic heterocycles. The van der Waals surface area contributed by atoms with Crippen LogP contribution in [0, 0.1) is 0 Å². The smallest absolute Gasteiger partial charge is 0.239 e. The molecule has 0 saturated carbocycles. The molecular weight excluding hydrogens is 316 g/mol. The molecule has 0 aromatic heterocycles. The van der Waals surface area contributed by atoms with E-state index in [-0.39, 0.29) is 25.1 Å². The fourth-order valence-corrected chi connectivity index (χ4v) is 2.41. The minimum Gasteiger partial charge on any atom is -0.491 e. The van der Waals surface area contributed by atoms with Crippen LogP contribution in [0.3, 0.4) is 0 Å². The second-order valence-electron chi connectivity index (χ2n) is 6.25. The molecule has 1 amide bonds. The Balaban J connectivity index is 1.80. The molecule has 0 radical (unpaired) electrons. The van der Waals surface area contributed by atoms with Crippen molar-refractivity contribution < 1.29 is 14.6 Å². The average Bonchev–Trinajstić information content (AvgIpc) is 2.60. The van der Waals surface area contributed by atoms with Gasteiger partial charge in [-0.2, -0.15) is 0 Å². The molecule has 5 nitrogen and oxygen atoms in total. The van der Waals surface area contributed by atoms with Gasteiger partial charge < -0.3 is 20.1 Å². The van der Waals surface area contributed by atoms with Gasteiger partial charge in [-0.25, -0.2) is 0 Å². The number of hydrogen-bond acceptors (Lipinski definition) is 4. The molecule has 5 heteroatoms. The summed E-state index contributed by atoms with van der Waals surface area (Å²) in [6.07, 6.45) is -0.643. The Hall–Kier alpha value is -2.53. The van der Waals surface area contributed by atoms with Crippen LogP contribution in [0.4, 0.5) is 5.69 Å². The number of aliphatic hydroxyl groups is 1. The highest BCUT2D eigenvalue weighted by atomic mass is 16.5. The Morgan fingerprint density at radius 1 is 1.12 bits per heavy atom. The molecule has 0 heterocycles. The van der Waals surface area contributed by atoms with E-state index in [1.807, 2.05) is 80.4 Å². The number of carbonyl (C=O) groups excluding carboxylic acids is 1. The van der Waals surface area contributed by atoms with E-state index in [1.165, 1.54) is 0 Å². The van der Waals surface area contributed by atoms with Crippen molar-refractivity contribution in [3.63, 3.8) is 0 Å². The lowest BCUT2D eigenvalue weighted by molar-refractivity contribution is -0.120. The molecule has 0 bridgehead atoms. The number of carbonyl (C=O) groups is 1. The SMILES string of the molecule is CC(C)Oc1ccc(C(O)CNC(=O)CN(C)c2ccccc2)cc1. The average molecular weight is 342 g/mol. The summed E-state index contributed by atoms with van der Waals surface area (Å²) in [4.78, 5) is 13.9. The van der Waals surface area contributed by atoms with Gasteiger partial charge in [0.25, 0.3) is 0 Å². The van der Waals surface area contributed by atoms with Crippen LogP contribution in [0.25, 0.3) is 0 Å². The Bertz CT molecular complexity index is 656. The lowest BCUT2D eigenvalue weighted by Crippen LogP contribution is -2.37. The Labute approximate surface area is 149 Å². The van der Waals surface area contributed by atoms with Crippen LogP contribution >= 0.6 is 0 Å². The number of benzene rings is 2. The van der Waals surface area contributed by atoms with Crippen molar-refractivity contribution >= 4 is 11.6 Å². The van der Waals surface area contributed by atoms with Crippen LogP contribution in [-0.2, 0) is 4.79 Å². The third kappa shape index (κ3) is 6.12. The maximum absolute atomic E-state index is 12.1. The van der Waals surface area contributed by atoms with Crippen molar-refractivity contribution in [2.45, 2.75) is 26.1 Å². The summed E-state index contributed by atoms with van der Waals surface area (Å²) in [7, 11) is 1.86. The second-order valence-corrected chi connectivity index (χ2v) is 6.25. The van der Waals surface area contributed by atoms with Crippen LogP contribution in [0.1, 0.15) is 25.5 Å². The molecule has 2 aromatic rings. The number of ether oxygens (including phenoxy) is 1. The first-order valence-electron chi connectivity index (χ1n) is 8.43. The van der Waals surface area contributed by atoms with Gasteiger partial charge in [0.1, 0.15) is 5.75 Å². The van der Waals surface area contributed by atoms with Gasteiger partial charge in [0.2, 0.25) is 5.91 Å². The first-order valence-corrected chi connectivity index (χ1v) is 8.43. The predicted molar refractivity (Wildman–Crippen MR) is 99.9 cm³/mol. The number of nitrogens with zero attached hydrogens (tertiary/aromatic N) is 1. The number of anilines is 1. The van der Waals surface area contributed by atoms with E-state index in [9.17, 15) is 9.90 Å². The molecule has 1 unspecified atom stereocenters. The monoisotopic (exact) mass is 342 g/mol. The number of para-hydroxylation sites is 1. The summed E-state index contributed by atoms with van der Waals surface area (Å²) in [6, 6.07) is 17.0. The molecule has 1 atom stereocenters. The van der Waals surface area contributed by atoms with Gasteiger partial charge in [-0.3, -0.25) is 4.79 Å². The third-order valence-corrected chi connectivity index (χ3v) is 3.71. The lowest BCUT2D eigenvalue weighted by Gasteiger charge is -2.19. The van der Waals surface area contributed by atoms with Crippen molar-refractivity contribution in [3.8, 4) is 5.75 Å². The molecular formula is C20H26N2O3. The highest BCUT2D eigenvalue weighted by molar-refractivity contribution is 5.81. The molecule has 2 N–H and O–H groups in total. The summed E-state index contributed by atoms with van der Waals surface area (Å²) in [5.74, 6) is 0.629. The zero-order valence-corrected chi connectivity index (χ0v) is 15.0. The number of rotatable bonds is 8. The molecule has 2 rings (SSSR count). The molecule has 0 spiro atoms. The molecule has 0 saturated heterocycles. The normalized spacial score (nSPS) is 11.9. The fourth-order valence-electron chi connectivity index (χ4n) is 2.41. The Morgan fingerprint density at radius 2 is 1.76 bits per heavy atom. The van der Waals surface area contributed by atoms with E-state index in [2.05, 4.69) is 5.32 Å². The quantitative estimate of drug-likeness (QED) is 0.774. The van der Waals surface area contributed by atoms with E-state index < -0.39 is 6.10 Å². The number of aliphatic hydroxyl groups excluding tert-OH is 1. The van der Waals surface area contributed by atoms with E-state index in [4.69, 9.17) is 4.74 Å². The predicted octanol–water partition coefficient (Wildman–Crippen LogP) is 2.76. The Kier molecular flexibility index (Phi) is 6.83. The van der Waals surface area contributed by atoms with Crippen LogP contribution in [0.5, 0.6) is 5.75 Å². The molecule has 2 aromatic carbocycles. The number of hydrogen-bond donors (Lipinski definition) is 2. The van der Waals surface area contributed by atoms with Crippen molar-refractivity contribution in [1.29, 1.82) is 0 Å². The van der Waals surface area contributed by atoms with Crippen LogP contribution < -0.4 is 15.0 Å². The first kappa shape index (κ1) is 18.8. The maximum Gasteiger partial charge on any atom is 0.239 e. The molecule has 134 valence electrons. The van der Waals surface area contributed by atoms with Gasteiger partial charge in [0.05, 0.1) is 18.8 Å². The zero-order valence-electron chi connectivity index (χ0n) is 15.0. The van der Waals surface area contributed by atoms with E-state index >= 15 is 0 Å². The summed E-state index contributed by atoms with van der Waals surface area (Å²) >= 11 is 0. The number of likely N-dealkylation sites (N-methyl/N-ethyl adjacent to an activating group) is 1. The summed E-state index contributed by atoms with van der Waals surface area (Å²) in [5.41, 5.74) is 1.71. The number of nitrogens with one attached hydrogen (secondary N) is 1. The standard InChI is InChI=1S/C20H26N2O3/c1-15(2)25-18-11-9-16(10-12-18)19(23)13-21-20(24)14-22(3)17-7-5-4-6-8-17/h4-12,15,19,23H,13-14H2,1-3H3,(H,21,24). The van der Waals surface area contributed by atoms with Gasteiger partial charge >= 0.3 is 0 Å². The zero-order chi connectivity index (χ0) is 18.2. The summed E-state index contributed by atoms with van der Waals surface area (Å²) < 4.78 is 5.58. The van der Waals surface area contributed by atoms with Gasteiger partial charge in [-0.15, -0.1) is 0 Å². The van der Waals surface area contributed by atoms with Gasteiger partial charge in [0.15, 0.2) is 0 Å². The maximum atomic E-state index is 12.1. The van der Waals surface area contributed by atoms with E-state index in [1.54, 1.807) is 0 Å². The first-order chi connectivity index (χ1) is 12.0. The van der Waals surface area contributed by atoms with Crippen LogP contribution in [0.2, 0.25) is 0 Å². The van der Waals surface area contributed by atoms with Gasteiger partial charge in [0, 0.05) is 19.3 Å². The van der Waals surface area contributed by atoms with Crippen LogP contribution in [0.15, 0.2) is 54.6 Å². The molecule has 25 heavy (non-hydrogen) atoms. The summed E-state index contributed by atoms with van der Waals surface area (Å²) in [5, 5.41) is 13.0. The van der Waals surface area contributed by atoms with E-state index in [0.29, 0.717) is 0 Å². The van der Waals surface area contributed by atoms with Crippen molar-refractivity contribution in [1.82, 2.24) is 5.32 Å². The second kappa shape index (κ2) is 9.08. The third-order valence-electron chi connectivity index (χ3n) is 3.71. The highest BCUT2D eigenvalue weighted by Gasteiger charge is 2.12. The minimum atomic E-state index is -0.751. The Morgan fingerprint density at radius 3 is 2.36 bits per heavy atom. The summed E-state index contributed by atoms with van der Waals surface area (Å²) in [6.45, 7) is 4.33. The molecule has 0 aliphatic carbocycles. The van der Waals surface area contributed by atoms with E-state index in [0.717, 1.165) is 17.0 Å². The lowest BCUT2D eigenvalue weighted by atomic mass is 10.1. The van der Waals surface area contributed by atoms with Crippen LogP contribution in [-0.4, -0.2) is 37.3 Å². The highest BCUT2D eigenvalue weighted by Crippen LogP contribution is 2.18. The fraction of sp³-hybridized carbons (Fsp3) is 0.350.